The quantitative estimate of drug-likeness (QED) is 0.826. The number of anilines is 1. The molecule has 1 aromatic heterocycles. The number of aromatic nitrogens is 2. The summed E-state index contributed by atoms with van der Waals surface area (Å²) in [6.45, 7) is 4.92. The molecule has 0 aliphatic heterocycles. The largest absolute Gasteiger partial charge is 0.397 e. The van der Waals surface area contributed by atoms with Crippen molar-refractivity contribution in [3.63, 3.8) is 0 Å². The van der Waals surface area contributed by atoms with E-state index in [1.165, 1.54) is 12.3 Å². The monoisotopic (exact) mass is 259 g/mol. The zero-order valence-corrected chi connectivity index (χ0v) is 11.0. The lowest BCUT2D eigenvalue weighted by atomic mass is 10.3. The van der Waals surface area contributed by atoms with Crippen molar-refractivity contribution in [1.82, 2.24) is 9.78 Å². The van der Waals surface area contributed by atoms with Crippen LogP contribution in [0.5, 0.6) is 0 Å². The number of aryl methyl sites for hydroxylation is 1. The predicted octanol–water partition coefficient (Wildman–Crippen LogP) is 0.0388. The summed E-state index contributed by atoms with van der Waals surface area (Å²) < 4.78 is 23.9. The van der Waals surface area contributed by atoms with Gasteiger partial charge in [-0.15, -0.1) is 0 Å². The lowest BCUT2D eigenvalue weighted by Crippen LogP contribution is -2.34. The van der Waals surface area contributed by atoms with E-state index < -0.39 is 20.1 Å². The number of nitrogen functional groups attached to an aromatic ring is 1. The van der Waals surface area contributed by atoms with Gasteiger partial charge in [0.2, 0.25) is 0 Å². The third kappa shape index (κ3) is 3.29. The Morgan fingerprint density at radius 1 is 1.41 bits per heavy atom. The number of sulfone groups is 1. The van der Waals surface area contributed by atoms with Gasteiger partial charge < -0.3 is 5.73 Å². The molecule has 0 aliphatic rings. The second kappa shape index (κ2) is 4.48. The highest BCUT2D eigenvalue weighted by Gasteiger charge is 2.28. The Kier molecular flexibility index (Phi) is 3.61. The molecular weight excluding hydrogens is 242 g/mol. The summed E-state index contributed by atoms with van der Waals surface area (Å²) >= 11 is 0. The first-order valence-electron chi connectivity index (χ1n) is 5.18. The van der Waals surface area contributed by atoms with Gasteiger partial charge in [0.05, 0.1) is 28.9 Å². The van der Waals surface area contributed by atoms with E-state index in [2.05, 4.69) is 5.10 Å². The van der Waals surface area contributed by atoms with Crippen LogP contribution in [0.4, 0.5) is 5.69 Å². The first kappa shape index (κ1) is 13.7. The van der Waals surface area contributed by atoms with E-state index in [0.29, 0.717) is 0 Å². The number of rotatable bonds is 3. The molecule has 0 saturated heterocycles. The lowest BCUT2D eigenvalue weighted by molar-refractivity contribution is 0.543. The molecule has 0 saturated carbocycles. The summed E-state index contributed by atoms with van der Waals surface area (Å²) in [5, 5.41) is 3.78. The number of hydrogen-bond donors (Lipinski definition) is 1. The van der Waals surface area contributed by atoms with Gasteiger partial charge in [-0.3, -0.25) is 4.79 Å². The first-order chi connectivity index (χ1) is 7.63. The molecule has 96 valence electrons. The van der Waals surface area contributed by atoms with Crippen LogP contribution >= 0.6 is 0 Å². The van der Waals surface area contributed by atoms with E-state index in [9.17, 15) is 13.2 Å². The molecule has 17 heavy (non-hydrogen) atoms. The Morgan fingerprint density at radius 3 is 2.47 bits per heavy atom. The van der Waals surface area contributed by atoms with Gasteiger partial charge in [0.25, 0.3) is 5.56 Å². The zero-order chi connectivity index (χ0) is 13.3. The van der Waals surface area contributed by atoms with Crippen LogP contribution in [0.25, 0.3) is 0 Å². The summed E-state index contributed by atoms with van der Waals surface area (Å²) in [4.78, 5) is 11.4. The van der Waals surface area contributed by atoms with Crippen molar-refractivity contribution in [2.75, 3.05) is 11.5 Å². The molecule has 1 rings (SSSR count). The molecule has 0 aromatic carbocycles. The summed E-state index contributed by atoms with van der Waals surface area (Å²) in [7, 11) is -3.25. The highest BCUT2D eigenvalue weighted by Crippen LogP contribution is 2.15. The topological polar surface area (TPSA) is 95.1 Å². The number of nitrogens with two attached hydrogens (primary N) is 1. The van der Waals surface area contributed by atoms with Crippen LogP contribution in [-0.4, -0.2) is 28.7 Å². The fraction of sp³-hybridized carbons (Fsp3) is 0.600. The second-order valence-corrected chi connectivity index (χ2v) is 7.64. The highest BCUT2D eigenvalue weighted by molar-refractivity contribution is 7.92. The van der Waals surface area contributed by atoms with Crippen LogP contribution in [-0.2, 0) is 16.4 Å². The lowest BCUT2D eigenvalue weighted by Gasteiger charge is -2.19. The van der Waals surface area contributed by atoms with Crippen molar-refractivity contribution in [2.24, 2.45) is 0 Å². The summed E-state index contributed by atoms with van der Waals surface area (Å²) in [5.41, 5.74) is 5.26. The third-order valence-corrected chi connectivity index (χ3v) is 4.98. The van der Waals surface area contributed by atoms with E-state index in [1.807, 2.05) is 0 Å². The van der Waals surface area contributed by atoms with Crippen LogP contribution in [0.3, 0.4) is 0 Å². The summed E-state index contributed by atoms with van der Waals surface area (Å²) in [6, 6.07) is 1.22. The van der Waals surface area contributed by atoms with Crippen molar-refractivity contribution >= 4 is 15.5 Å². The molecule has 6 nitrogen and oxygen atoms in total. The fourth-order valence-electron chi connectivity index (χ4n) is 1.13. The van der Waals surface area contributed by atoms with Crippen molar-refractivity contribution in [3.05, 3.63) is 22.6 Å². The van der Waals surface area contributed by atoms with Crippen LogP contribution in [0.15, 0.2) is 17.1 Å². The maximum Gasteiger partial charge on any atom is 0.268 e. The molecule has 1 aromatic rings. The van der Waals surface area contributed by atoms with Gasteiger partial charge in [-0.2, -0.15) is 5.10 Å². The Balaban J connectivity index is 2.86. The molecular formula is C10H17N3O3S. The van der Waals surface area contributed by atoms with Gasteiger partial charge >= 0.3 is 0 Å². The molecule has 0 atom stereocenters. The van der Waals surface area contributed by atoms with Crippen molar-refractivity contribution in [3.8, 4) is 0 Å². The third-order valence-electron chi connectivity index (χ3n) is 2.40. The maximum absolute atomic E-state index is 11.8. The standard InChI is InChI=1S/C10H17N3O3S/c1-10(2,3)17(15,16)5-4-13-9(14)6-8(11)7-12-13/h6-7H,4-5,11H2,1-3H3. The number of nitrogens with zero attached hydrogens (tertiary/aromatic N) is 2. The molecule has 1 heterocycles. The molecule has 0 fully saturated rings. The van der Waals surface area contributed by atoms with E-state index >= 15 is 0 Å². The minimum Gasteiger partial charge on any atom is -0.397 e. The Bertz CT molecular complexity index is 555. The highest BCUT2D eigenvalue weighted by atomic mass is 32.2. The summed E-state index contributed by atoms with van der Waals surface area (Å²) in [5.74, 6) is -0.118. The van der Waals surface area contributed by atoms with Crippen LogP contribution in [0.1, 0.15) is 20.8 Å². The molecule has 0 bridgehead atoms. The Hall–Kier alpha value is -1.37. The Labute approximate surface area is 100 Å². The Morgan fingerprint density at radius 2 is 2.00 bits per heavy atom. The molecule has 0 spiro atoms. The van der Waals surface area contributed by atoms with Gasteiger partial charge in [-0.1, -0.05) is 0 Å². The molecule has 0 radical (unpaired) electrons. The van der Waals surface area contributed by atoms with E-state index in [-0.39, 0.29) is 18.0 Å². The average Bonchev–Trinajstić information content (AvgIpc) is 2.14. The van der Waals surface area contributed by atoms with Crippen molar-refractivity contribution in [1.29, 1.82) is 0 Å². The normalized spacial score (nSPS) is 12.6. The van der Waals surface area contributed by atoms with Crippen LogP contribution in [0.2, 0.25) is 0 Å². The van der Waals surface area contributed by atoms with Gasteiger partial charge in [0, 0.05) is 6.07 Å². The second-order valence-electron chi connectivity index (χ2n) is 4.78. The molecule has 2 N–H and O–H groups in total. The molecule has 7 heteroatoms. The fourth-order valence-corrected chi connectivity index (χ4v) is 2.15. The van der Waals surface area contributed by atoms with Crippen molar-refractivity contribution < 1.29 is 8.42 Å². The maximum atomic E-state index is 11.8. The van der Waals surface area contributed by atoms with E-state index in [4.69, 9.17) is 5.73 Å². The van der Waals surface area contributed by atoms with Gasteiger partial charge in [0.15, 0.2) is 9.84 Å². The molecule has 0 amide bonds. The SMILES string of the molecule is CC(C)(C)S(=O)(=O)CCn1ncc(N)cc1=O. The zero-order valence-electron chi connectivity index (χ0n) is 10.2. The first-order valence-corrected chi connectivity index (χ1v) is 6.84. The van der Waals surface area contributed by atoms with Crippen LogP contribution in [0, 0.1) is 0 Å². The van der Waals surface area contributed by atoms with E-state index in [1.54, 1.807) is 20.8 Å². The average molecular weight is 259 g/mol. The minimum absolute atomic E-state index is 0.0404. The number of hydrogen-bond acceptors (Lipinski definition) is 5. The smallest absolute Gasteiger partial charge is 0.268 e. The van der Waals surface area contributed by atoms with Gasteiger partial charge in [-0.25, -0.2) is 13.1 Å². The molecule has 0 unspecified atom stereocenters. The van der Waals surface area contributed by atoms with Gasteiger partial charge in [-0.05, 0) is 20.8 Å². The summed E-state index contributed by atoms with van der Waals surface area (Å²) in [6.07, 6.45) is 1.32. The van der Waals surface area contributed by atoms with Crippen molar-refractivity contribution in [2.45, 2.75) is 32.1 Å². The van der Waals surface area contributed by atoms with Gasteiger partial charge in [0.1, 0.15) is 0 Å². The minimum atomic E-state index is -3.25. The molecule has 0 aliphatic carbocycles. The van der Waals surface area contributed by atoms with E-state index in [0.717, 1.165) is 4.68 Å². The van der Waals surface area contributed by atoms with Crippen LogP contribution < -0.4 is 11.3 Å². The predicted molar refractivity (Wildman–Crippen MR) is 66.4 cm³/mol.